The third-order valence-electron chi connectivity index (χ3n) is 2.71. The highest BCUT2D eigenvalue weighted by molar-refractivity contribution is 6.09. The van der Waals surface area contributed by atoms with Crippen molar-refractivity contribution in [3.8, 4) is 0 Å². The van der Waals surface area contributed by atoms with Crippen LogP contribution in [0, 0.1) is 18.6 Å². The Hall–Kier alpha value is -2.23. The minimum absolute atomic E-state index is 0.152. The molecular formula is C14H11F2NO. The van der Waals surface area contributed by atoms with Crippen molar-refractivity contribution in [3.63, 3.8) is 0 Å². The van der Waals surface area contributed by atoms with Crippen LogP contribution < -0.4 is 5.73 Å². The Labute approximate surface area is 103 Å². The first kappa shape index (κ1) is 12.2. The van der Waals surface area contributed by atoms with E-state index in [9.17, 15) is 13.6 Å². The zero-order chi connectivity index (χ0) is 13.3. The van der Waals surface area contributed by atoms with Gasteiger partial charge in [0.1, 0.15) is 11.6 Å². The van der Waals surface area contributed by atoms with Gasteiger partial charge in [-0.3, -0.25) is 4.79 Å². The van der Waals surface area contributed by atoms with Gasteiger partial charge < -0.3 is 5.73 Å². The largest absolute Gasteiger partial charge is 0.399 e. The van der Waals surface area contributed by atoms with E-state index in [1.807, 2.05) is 0 Å². The van der Waals surface area contributed by atoms with E-state index in [4.69, 9.17) is 5.73 Å². The first-order chi connectivity index (χ1) is 8.49. The molecule has 0 bridgehead atoms. The molecule has 0 aliphatic heterocycles. The Balaban J connectivity index is 2.44. The van der Waals surface area contributed by atoms with Crippen LogP contribution in [0.25, 0.3) is 0 Å². The normalized spacial score (nSPS) is 10.4. The van der Waals surface area contributed by atoms with Crippen molar-refractivity contribution in [1.29, 1.82) is 0 Å². The number of nitrogens with two attached hydrogens (primary N) is 1. The SMILES string of the molecule is Cc1cc(C(=O)c2ccc(F)cc2F)ccc1N. The van der Waals surface area contributed by atoms with E-state index < -0.39 is 17.4 Å². The van der Waals surface area contributed by atoms with Crippen LogP contribution >= 0.6 is 0 Å². The quantitative estimate of drug-likeness (QED) is 0.654. The van der Waals surface area contributed by atoms with Crippen molar-refractivity contribution in [2.75, 3.05) is 5.73 Å². The Bertz CT molecular complexity index is 623. The number of hydrogen-bond donors (Lipinski definition) is 1. The first-order valence-electron chi connectivity index (χ1n) is 5.35. The van der Waals surface area contributed by atoms with Crippen molar-refractivity contribution >= 4 is 11.5 Å². The lowest BCUT2D eigenvalue weighted by Gasteiger charge is -2.05. The fourth-order valence-electron chi connectivity index (χ4n) is 1.65. The van der Waals surface area contributed by atoms with Crippen LogP contribution in [0.4, 0.5) is 14.5 Å². The number of rotatable bonds is 2. The van der Waals surface area contributed by atoms with Crippen LogP contribution in [0.5, 0.6) is 0 Å². The van der Waals surface area contributed by atoms with Crippen molar-refractivity contribution in [2.45, 2.75) is 6.92 Å². The van der Waals surface area contributed by atoms with Crippen LogP contribution in [0.15, 0.2) is 36.4 Å². The highest BCUT2D eigenvalue weighted by Crippen LogP contribution is 2.18. The fourth-order valence-corrected chi connectivity index (χ4v) is 1.65. The van der Waals surface area contributed by atoms with Gasteiger partial charge in [0.2, 0.25) is 0 Å². The second kappa shape index (κ2) is 4.56. The molecule has 0 saturated carbocycles. The lowest BCUT2D eigenvalue weighted by Crippen LogP contribution is -2.05. The van der Waals surface area contributed by atoms with Gasteiger partial charge >= 0.3 is 0 Å². The number of anilines is 1. The van der Waals surface area contributed by atoms with Gasteiger partial charge in [0, 0.05) is 17.3 Å². The molecule has 2 rings (SSSR count). The number of halogens is 2. The van der Waals surface area contributed by atoms with Gasteiger partial charge in [0.25, 0.3) is 0 Å². The molecule has 0 aromatic heterocycles. The second-order valence-electron chi connectivity index (χ2n) is 4.02. The first-order valence-corrected chi connectivity index (χ1v) is 5.35. The van der Waals surface area contributed by atoms with Gasteiger partial charge in [0.15, 0.2) is 5.78 Å². The van der Waals surface area contributed by atoms with Crippen LogP contribution in [0.3, 0.4) is 0 Å². The topological polar surface area (TPSA) is 43.1 Å². The zero-order valence-corrected chi connectivity index (χ0v) is 9.71. The molecule has 92 valence electrons. The minimum atomic E-state index is -0.866. The third-order valence-corrected chi connectivity index (χ3v) is 2.71. The van der Waals surface area contributed by atoms with Crippen molar-refractivity contribution in [1.82, 2.24) is 0 Å². The maximum absolute atomic E-state index is 13.5. The molecular weight excluding hydrogens is 236 g/mol. The summed E-state index contributed by atoms with van der Waals surface area (Å²) in [4.78, 5) is 12.0. The van der Waals surface area contributed by atoms with Crippen molar-refractivity contribution in [3.05, 3.63) is 64.7 Å². The number of carbonyl (C=O) groups is 1. The monoisotopic (exact) mass is 247 g/mol. The summed E-state index contributed by atoms with van der Waals surface area (Å²) >= 11 is 0. The van der Waals surface area contributed by atoms with Crippen LogP contribution in [0.1, 0.15) is 21.5 Å². The van der Waals surface area contributed by atoms with E-state index in [1.54, 1.807) is 19.1 Å². The summed E-state index contributed by atoms with van der Waals surface area (Å²) in [6.07, 6.45) is 0. The molecule has 0 spiro atoms. The summed E-state index contributed by atoms with van der Waals surface area (Å²) in [5.41, 5.74) is 7.12. The smallest absolute Gasteiger partial charge is 0.195 e. The molecule has 2 aromatic carbocycles. The minimum Gasteiger partial charge on any atom is -0.399 e. The standard InChI is InChI=1S/C14H11F2NO/c1-8-6-9(2-5-13(8)17)14(18)11-4-3-10(15)7-12(11)16/h2-7H,17H2,1H3. The molecule has 0 fully saturated rings. The van der Waals surface area contributed by atoms with Crippen LogP contribution in [0.2, 0.25) is 0 Å². The summed E-state index contributed by atoms with van der Waals surface area (Å²) in [6, 6.07) is 7.58. The Morgan fingerprint density at radius 3 is 2.44 bits per heavy atom. The van der Waals surface area contributed by atoms with E-state index in [2.05, 4.69) is 0 Å². The predicted molar refractivity (Wildman–Crippen MR) is 65.4 cm³/mol. The van der Waals surface area contributed by atoms with E-state index in [0.29, 0.717) is 17.3 Å². The van der Waals surface area contributed by atoms with E-state index in [1.165, 1.54) is 6.07 Å². The molecule has 4 heteroatoms. The molecule has 18 heavy (non-hydrogen) atoms. The summed E-state index contributed by atoms with van der Waals surface area (Å²) < 4.78 is 26.2. The molecule has 2 N–H and O–H groups in total. The van der Waals surface area contributed by atoms with Gasteiger partial charge in [-0.1, -0.05) is 0 Å². The Kier molecular flexibility index (Phi) is 3.10. The highest BCUT2D eigenvalue weighted by Gasteiger charge is 2.15. The molecule has 0 atom stereocenters. The number of nitrogen functional groups attached to an aromatic ring is 1. The van der Waals surface area contributed by atoms with E-state index in [-0.39, 0.29) is 5.56 Å². The van der Waals surface area contributed by atoms with Crippen LogP contribution in [-0.2, 0) is 0 Å². The molecule has 0 aliphatic carbocycles. The van der Waals surface area contributed by atoms with E-state index >= 15 is 0 Å². The fraction of sp³-hybridized carbons (Fsp3) is 0.0714. The van der Waals surface area contributed by atoms with Crippen molar-refractivity contribution in [2.24, 2.45) is 0 Å². The zero-order valence-electron chi connectivity index (χ0n) is 9.71. The number of ketones is 1. The number of benzene rings is 2. The third kappa shape index (κ3) is 2.22. The van der Waals surface area contributed by atoms with Crippen molar-refractivity contribution < 1.29 is 13.6 Å². The predicted octanol–water partition coefficient (Wildman–Crippen LogP) is 3.09. The van der Waals surface area contributed by atoms with E-state index in [0.717, 1.165) is 17.7 Å². The molecule has 0 unspecified atom stereocenters. The molecule has 0 radical (unpaired) electrons. The van der Waals surface area contributed by atoms with Gasteiger partial charge in [0.05, 0.1) is 5.56 Å². The lowest BCUT2D eigenvalue weighted by atomic mass is 10.0. The molecule has 0 saturated heterocycles. The number of carbonyl (C=O) groups excluding carboxylic acids is 1. The summed E-state index contributed by atoms with van der Waals surface area (Å²) in [5.74, 6) is -2.07. The number of aryl methyl sites for hydroxylation is 1. The molecule has 0 heterocycles. The summed E-state index contributed by atoms with van der Waals surface area (Å²) in [6.45, 7) is 1.76. The number of hydrogen-bond acceptors (Lipinski definition) is 2. The average molecular weight is 247 g/mol. The van der Waals surface area contributed by atoms with Crippen LogP contribution in [-0.4, -0.2) is 5.78 Å². The summed E-state index contributed by atoms with van der Waals surface area (Å²) in [5, 5.41) is 0. The van der Waals surface area contributed by atoms with Gasteiger partial charge in [-0.25, -0.2) is 8.78 Å². The Morgan fingerprint density at radius 1 is 1.11 bits per heavy atom. The maximum Gasteiger partial charge on any atom is 0.195 e. The van der Waals surface area contributed by atoms with Gasteiger partial charge in [-0.05, 0) is 42.8 Å². The average Bonchev–Trinajstić information content (AvgIpc) is 2.32. The molecule has 0 amide bonds. The molecule has 0 aliphatic rings. The highest BCUT2D eigenvalue weighted by atomic mass is 19.1. The molecule has 2 aromatic rings. The molecule has 2 nitrogen and oxygen atoms in total. The summed E-state index contributed by atoms with van der Waals surface area (Å²) in [7, 11) is 0. The Morgan fingerprint density at radius 2 is 1.83 bits per heavy atom. The maximum atomic E-state index is 13.5. The second-order valence-corrected chi connectivity index (χ2v) is 4.02. The lowest BCUT2D eigenvalue weighted by molar-refractivity contribution is 0.103. The van der Waals surface area contributed by atoms with Gasteiger partial charge in [-0.15, -0.1) is 0 Å². The van der Waals surface area contributed by atoms with Gasteiger partial charge in [-0.2, -0.15) is 0 Å².